The van der Waals surface area contributed by atoms with Crippen LogP contribution < -0.4 is 10.1 Å². The summed E-state index contributed by atoms with van der Waals surface area (Å²) in [5.74, 6) is -0.274. The van der Waals surface area contributed by atoms with Gasteiger partial charge in [0, 0.05) is 19.5 Å². The summed E-state index contributed by atoms with van der Waals surface area (Å²) in [7, 11) is 1.44. The standard InChI is InChI=1S/C21H21FN2O3.H2/c1-12-3-8-17-19(9-12)27-21(24-17)23-15-6-4-13(10-15)20(25)16-7-5-14(22)11-18(16)26-2;/h3,5,7-9,11,13,15H,4,6,10H2,1-2H3,(H,23,24);1H/t13?,15-;/m1./s1. The zero-order chi connectivity index (χ0) is 19.0. The number of carbonyl (C=O) groups excluding carboxylic acids is 1. The molecular weight excluding hydrogens is 347 g/mol. The monoisotopic (exact) mass is 370 g/mol. The zero-order valence-corrected chi connectivity index (χ0v) is 15.3. The molecule has 1 aromatic heterocycles. The molecule has 142 valence electrons. The number of ether oxygens (including phenoxy) is 1. The molecule has 2 atom stereocenters. The maximum atomic E-state index is 13.4. The molecule has 4 rings (SSSR count). The van der Waals surface area contributed by atoms with Gasteiger partial charge in [-0.2, -0.15) is 4.98 Å². The molecule has 1 aliphatic carbocycles. The van der Waals surface area contributed by atoms with E-state index < -0.39 is 5.82 Å². The number of ketones is 1. The van der Waals surface area contributed by atoms with E-state index in [9.17, 15) is 9.18 Å². The molecule has 5 nitrogen and oxygen atoms in total. The molecule has 1 saturated carbocycles. The van der Waals surface area contributed by atoms with Crippen LogP contribution >= 0.6 is 0 Å². The van der Waals surface area contributed by atoms with Crippen LogP contribution in [0.3, 0.4) is 0 Å². The lowest BCUT2D eigenvalue weighted by atomic mass is 9.95. The van der Waals surface area contributed by atoms with E-state index in [1.165, 1.54) is 25.3 Å². The molecule has 1 unspecified atom stereocenters. The molecule has 0 bridgehead atoms. The topological polar surface area (TPSA) is 64.4 Å². The first-order valence-electron chi connectivity index (χ1n) is 9.05. The Morgan fingerprint density at radius 2 is 2.15 bits per heavy atom. The molecule has 1 heterocycles. The molecular formula is C21H23FN2O3. The summed E-state index contributed by atoms with van der Waals surface area (Å²) in [6.45, 7) is 2.01. The summed E-state index contributed by atoms with van der Waals surface area (Å²) in [6.07, 6.45) is 2.28. The van der Waals surface area contributed by atoms with Gasteiger partial charge in [-0.3, -0.25) is 4.79 Å². The first-order chi connectivity index (χ1) is 13.0. The summed E-state index contributed by atoms with van der Waals surface area (Å²) in [5, 5.41) is 3.30. The van der Waals surface area contributed by atoms with Gasteiger partial charge in [0.05, 0.1) is 12.7 Å². The third kappa shape index (κ3) is 3.52. The van der Waals surface area contributed by atoms with Gasteiger partial charge >= 0.3 is 0 Å². The van der Waals surface area contributed by atoms with Gasteiger partial charge in [-0.15, -0.1) is 0 Å². The minimum Gasteiger partial charge on any atom is -0.496 e. The van der Waals surface area contributed by atoms with Crippen LogP contribution in [-0.4, -0.2) is 23.9 Å². The second kappa shape index (κ2) is 7.02. The van der Waals surface area contributed by atoms with E-state index in [-0.39, 0.29) is 24.9 Å². The first kappa shape index (κ1) is 17.5. The Kier molecular flexibility index (Phi) is 4.56. The van der Waals surface area contributed by atoms with Crippen LogP contribution in [0.5, 0.6) is 5.75 Å². The number of oxazole rings is 1. The average Bonchev–Trinajstić information content (AvgIpc) is 3.27. The number of aryl methyl sites for hydroxylation is 1. The Bertz CT molecular complexity index is 1000. The summed E-state index contributed by atoms with van der Waals surface area (Å²) in [4.78, 5) is 17.3. The molecule has 27 heavy (non-hydrogen) atoms. The maximum Gasteiger partial charge on any atom is 0.295 e. The number of hydrogen-bond donors (Lipinski definition) is 1. The van der Waals surface area contributed by atoms with Crippen LogP contribution in [0.1, 0.15) is 36.6 Å². The number of hydrogen-bond acceptors (Lipinski definition) is 5. The first-order valence-corrected chi connectivity index (χ1v) is 9.05. The van der Waals surface area contributed by atoms with Crippen LogP contribution in [0.15, 0.2) is 40.8 Å². The van der Waals surface area contributed by atoms with E-state index in [1.807, 2.05) is 25.1 Å². The fourth-order valence-corrected chi connectivity index (χ4v) is 3.71. The number of rotatable bonds is 5. The largest absolute Gasteiger partial charge is 0.496 e. The number of carbonyl (C=O) groups is 1. The van der Waals surface area contributed by atoms with E-state index >= 15 is 0 Å². The number of anilines is 1. The van der Waals surface area contributed by atoms with Crippen LogP contribution in [0, 0.1) is 18.7 Å². The third-order valence-electron chi connectivity index (χ3n) is 5.10. The van der Waals surface area contributed by atoms with Crippen molar-refractivity contribution < 1.29 is 19.8 Å². The van der Waals surface area contributed by atoms with E-state index in [2.05, 4.69) is 10.3 Å². The molecule has 0 amide bonds. The molecule has 0 aliphatic heterocycles. The molecule has 0 spiro atoms. The highest BCUT2D eigenvalue weighted by Crippen LogP contribution is 2.33. The lowest BCUT2D eigenvalue weighted by Gasteiger charge is -2.13. The fourth-order valence-electron chi connectivity index (χ4n) is 3.71. The van der Waals surface area contributed by atoms with Crippen LogP contribution in [0.2, 0.25) is 0 Å². The number of aromatic nitrogens is 1. The van der Waals surface area contributed by atoms with Gasteiger partial charge in [0.15, 0.2) is 11.4 Å². The lowest BCUT2D eigenvalue weighted by Crippen LogP contribution is -2.18. The van der Waals surface area contributed by atoms with Gasteiger partial charge in [-0.25, -0.2) is 4.39 Å². The predicted octanol–water partition coefficient (Wildman–Crippen LogP) is 4.99. The van der Waals surface area contributed by atoms with Crippen molar-refractivity contribution in [3.63, 3.8) is 0 Å². The van der Waals surface area contributed by atoms with Gasteiger partial charge in [-0.1, -0.05) is 6.07 Å². The molecule has 6 heteroatoms. The molecule has 0 radical (unpaired) electrons. The normalized spacial score (nSPS) is 19.4. The fraction of sp³-hybridized carbons (Fsp3) is 0.333. The molecule has 1 fully saturated rings. The molecule has 0 saturated heterocycles. The maximum absolute atomic E-state index is 13.4. The van der Waals surface area contributed by atoms with E-state index in [0.717, 1.165) is 29.5 Å². The van der Waals surface area contributed by atoms with E-state index in [1.54, 1.807) is 0 Å². The van der Waals surface area contributed by atoms with Crippen molar-refractivity contribution in [1.29, 1.82) is 0 Å². The van der Waals surface area contributed by atoms with Crippen LogP contribution in [0.25, 0.3) is 11.1 Å². The Morgan fingerprint density at radius 1 is 1.30 bits per heavy atom. The van der Waals surface area contributed by atoms with Gasteiger partial charge < -0.3 is 14.5 Å². The second-order valence-corrected chi connectivity index (χ2v) is 7.05. The molecule has 3 aromatic rings. The minimum absolute atomic E-state index is 0. The van der Waals surface area contributed by atoms with Gasteiger partial charge in [-0.05, 0) is 56.0 Å². The van der Waals surface area contributed by atoms with E-state index in [4.69, 9.17) is 9.15 Å². The number of benzene rings is 2. The minimum atomic E-state index is -0.416. The number of halogens is 1. The van der Waals surface area contributed by atoms with Gasteiger partial charge in [0.1, 0.15) is 17.1 Å². The second-order valence-electron chi connectivity index (χ2n) is 7.05. The van der Waals surface area contributed by atoms with Crippen molar-refractivity contribution >= 4 is 22.9 Å². The van der Waals surface area contributed by atoms with Crippen molar-refractivity contribution in [2.45, 2.75) is 32.2 Å². The van der Waals surface area contributed by atoms with Crippen LogP contribution in [-0.2, 0) is 0 Å². The third-order valence-corrected chi connectivity index (χ3v) is 5.10. The highest BCUT2D eigenvalue weighted by Gasteiger charge is 2.32. The van der Waals surface area contributed by atoms with Crippen molar-refractivity contribution in [2.24, 2.45) is 5.92 Å². The Balaban J connectivity index is 0.00000225. The van der Waals surface area contributed by atoms with Crippen LogP contribution in [0.4, 0.5) is 10.4 Å². The number of Topliss-reactive ketones (excluding diaryl/α,β-unsaturated/α-hetero) is 1. The van der Waals surface area contributed by atoms with E-state index in [0.29, 0.717) is 18.0 Å². The Labute approximate surface area is 158 Å². The number of nitrogens with zero attached hydrogens (tertiary/aromatic N) is 1. The highest BCUT2D eigenvalue weighted by molar-refractivity contribution is 6.00. The van der Waals surface area contributed by atoms with Crippen molar-refractivity contribution in [3.8, 4) is 5.75 Å². The van der Waals surface area contributed by atoms with Crippen molar-refractivity contribution in [3.05, 3.63) is 53.3 Å². The Morgan fingerprint density at radius 3 is 2.96 bits per heavy atom. The highest BCUT2D eigenvalue weighted by atomic mass is 19.1. The van der Waals surface area contributed by atoms with Crippen molar-refractivity contribution in [2.75, 3.05) is 12.4 Å². The predicted molar refractivity (Wildman–Crippen MR) is 103 cm³/mol. The van der Waals surface area contributed by atoms with Gasteiger partial charge in [0.25, 0.3) is 6.01 Å². The number of methoxy groups -OCH3 is 1. The summed E-state index contributed by atoms with van der Waals surface area (Å²) in [6, 6.07) is 10.5. The number of nitrogens with one attached hydrogen (secondary N) is 1. The SMILES string of the molecule is COc1cc(F)ccc1C(=O)C1CC[C@@H](Nc2nc3ccc(C)cc3o2)C1.[HH]. The zero-order valence-electron chi connectivity index (χ0n) is 15.3. The molecule has 1 N–H and O–H groups in total. The summed E-state index contributed by atoms with van der Waals surface area (Å²) < 4.78 is 24.3. The summed E-state index contributed by atoms with van der Waals surface area (Å²) in [5.41, 5.74) is 3.11. The van der Waals surface area contributed by atoms with Crippen molar-refractivity contribution in [1.82, 2.24) is 4.98 Å². The number of fused-ring (bicyclic) bond motifs is 1. The average molecular weight is 370 g/mol. The Hall–Kier alpha value is -2.89. The molecule has 1 aliphatic rings. The smallest absolute Gasteiger partial charge is 0.295 e. The quantitative estimate of drug-likeness (QED) is 0.641. The molecule has 2 aromatic carbocycles. The summed E-state index contributed by atoms with van der Waals surface area (Å²) >= 11 is 0. The van der Waals surface area contributed by atoms with Gasteiger partial charge in [0.2, 0.25) is 0 Å². The lowest BCUT2D eigenvalue weighted by molar-refractivity contribution is 0.0919.